The Morgan fingerprint density at radius 2 is 1.89 bits per heavy atom. The molecule has 0 aliphatic carbocycles. The van der Waals surface area contributed by atoms with E-state index in [9.17, 15) is 5.11 Å². The third kappa shape index (κ3) is 2.42. The molecule has 2 nitrogen and oxygen atoms in total. The Labute approximate surface area is 120 Å². The van der Waals surface area contributed by atoms with Gasteiger partial charge in [0.2, 0.25) is 0 Å². The van der Waals surface area contributed by atoms with Crippen molar-refractivity contribution in [2.75, 3.05) is 0 Å². The van der Waals surface area contributed by atoms with Gasteiger partial charge in [-0.3, -0.25) is 0 Å². The molecule has 0 aliphatic heterocycles. The van der Waals surface area contributed by atoms with E-state index >= 15 is 0 Å². The Hall–Kier alpha value is -1.64. The first-order valence-corrected chi connectivity index (χ1v) is 6.61. The van der Waals surface area contributed by atoms with E-state index in [0.29, 0.717) is 16.6 Å². The van der Waals surface area contributed by atoms with Gasteiger partial charge < -0.3 is 9.67 Å². The zero-order valence-corrected chi connectivity index (χ0v) is 11.5. The van der Waals surface area contributed by atoms with Crippen molar-refractivity contribution in [1.82, 2.24) is 4.57 Å². The van der Waals surface area contributed by atoms with Gasteiger partial charge in [0.25, 0.3) is 0 Å². The van der Waals surface area contributed by atoms with Crippen LogP contribution in [0.3, 0.4) is 0 Å². The van der Waals surface area contributed by atoms with Crippen molar-refractivity contribution in [3.8, 4) is 5.75 Å². The average molecular weight is 292 g/mol. The lowest BCUT2D eigenvalue weighted by atomic mass is 10.2. The summed E-state index contributed by atoms with van der Waals surface area (Å²) in [6.07, 6.45) is 1.97. The maximum absolute atomic E-state index is 9.49. The molecule has 0 unspecified atom stereocenters. The molecule has 0 bridgehead atoms. The third-order valence-electron chi connectivity index (χ3n) is 3.07. The minimum Gasteiger partial charge on any atom is -0.508 e. The first-order valence-electron chi connectivity index (χ1n) is 5.85. The molecule has 0 fully saturated rings. The molecule has 0 radical (unpaired) electrons. The molecule has 0 spiro atoms. The first kappa shape index (κ1) is 12.4. The molecule has 19 heavy (non-hydrogen) atoms. The number of halogens is 2. The number of phenols is 1. The van der Waals surface area contributed by atoms with Crippen LogP contribution in [0.4, 0.5) is 0 Å². The van der Waals surface area contributed by atoms with Gasteiger partial charge in [-0.1, -0.05) is 35.3 Å². The predicted octanol–water partition coefficient (Wildman–Crippen LogP) is 4.70. The van der Waals surface area contributed by atoms with Crippen LogP contribution in [-0.2, 0) is 6.54 Å². The van der Waals surface area contributed by atoms with Gasteiger partial charge in [-0.05, 0) is 35.9 Å². The highest BCUT2D eigenvalue weighted by atomic mass is 35.5. The number of fused-ring (bicyclic) bond motifs is 1. The van der Waals surface area contributed by atoms with Gasteiger partial charge in [-0.25, -0.2) is 0 Å². The molecule has 0 saturated carbocycles. The zero-order valence-electron chi connectivity index (χ0n) is 9.98. The van der Waals surface area contributed by atoms with E-state index in [2.05, 4.69) is 4.57 Å². The Morgan fingerprint density at radius 3 is 2.68 bits per heavy atom. The molecule has 1 heterocycles. The molecule has 0 atom stereocenters. The van der Waals surface area contributed by atoms with Crippen molar-refractivity contribution in [3.05, 3.63) is 64.3 Å². The minimum absolute atomic E-state index is 0.269. The smallest absolute Gasteiger partial charge is 0.115 e. The van der Waals surface area contributed by atoms with Crippen molar-refractivity contribution in [2.24, 2.45) is 0 Å². The van der Waals surface area contributed by atoms with E-state index in [4.69, 9.17) is 23.2 Å². The van der Waals surface area contributed by atoms with Gasteiger partial charge in [-0.2, -0.15) is 0 Å². The quantitative estimate of drug-likeness (QED) is 0.727. The van der Waals surface area contributed by atoms with Crippen LogP contribution >= 0.6 is 23.2 Å². The van der Waals surface area contributed by atoms with Crippen molar-refractivity contribution in [3.63, 3.8) is 0 Å². The molecule has 3 rings (SSSR count). The predicted molar refractivity (Wildman–Crippen MR) is 79.2 cm³/mol. The molecular weight excluding hydrogens is 281 g/mol. The zero-order chi connectivity index (χ0) is 13.4. The van der Waals surface area contributed by atoms with Crippen LogP contribution in [0.25, 0.3) is 10.9 Å². The Bertz CT molecular complexity index is 749. The molecule has 0 amide bonds. The minimum atomic E-state index is 0.269. The molecule has 0 saturated heterocycles. The number of phenolic OH excluding ortho intramolecular Hbond substituents is 1. The number of benzene rings is 2. The highest BCUT2D eigenvalue weighted by Crippen LogP contribution is 2.29. The molecule has 2 aromatic carbocycles. The van der Waals surface area contributed by atoms with Gasteiger partial charge in [0, 0.05) is 23.2 Å². The highest BCUT2D eigenvalue weighted by Gasteiger charge is 2.07. The number of rotatable bonds is 2. The number of aromatic nitrogens is 1. The van der Waals surface area contributed by atoms with E-state index in [1.807, 2.05) is 30.5 Å². The topological polar surface area (TPSA) is 25.2 Å². The summed E-state index contributed by atoms with van der Waals surface area (Å²) in [7, 11) is 0. The van der Waals surface area contributed by atoms with E-state index in [0.717, 1.165) is 16.5 Å². The maximum Gasteiger partial charge on any atom is 0.115 e. The fourth-order valence-corrected chi connectivity index (χ4v) is 2.75. The summed E-state index contributed by atoms with van der Waals surface area (Å²) in [5.41, 5.74) is 2.01. The number of nitrogens with zero attached hydrogens (tertiary/aromatic N) is 1. The normalized spacial score (nSPS) is 11.1. The van der Waals surface area contributed by atoms with Gasteiger partial charge in [0.1, 0.15) is 5.75 Å². The van der Waals surface area contributed by atoms with E-state index in [-0.39, 0.29) is 5.75 Å². The summed E-state index contributed by atoms with van der Waals surface area (Å²) in [6, 6.07) is 12.8. The van der Waals surface area contributed by atoms with Crippen LogP contribution < -0.4 is 0 Å². The number of hydrogen-bond acceptors (Lipinski definition) is 1. The monoisotopic (exact) mass is 291 g/mol. The van der Waals surface area contributed by atoms with Crippen LogP contribution in [-0.4, -0.2) is 9.67 Å². The fraction of sp³-hybridized carbons (Fsp3) is 0.0667. The van der Waals surface area contributed by atoms with Crippen molar-refractivity contribution in [1.29, 1.82) is 0 Å². The van der Waals surface area contributed by atoms with Crippen molar-refractivity contribution in [2.45, 2.75) is 6.54 Å². The molecular formula is C15H11Cl2NO. The lowest BCUT2D eigenvalue weighted by molar-refractivity contribution is 0.474. The fourth-order valence-electron chi connectivity index (χ4n) is 2.21. The van der Waals surface area contributed by atoms with E-state index < -0.39 is 0 Å². The van der Waals surface area contributed by atoms with Crippen LogP contribution in [0.15, 0.2) is 48.7 Å². The summed E-state index contributed by atoms with van der Waals surface area (Å²) >= 11 is 12.2. The average Bonchev–Trinajstić information content (AvgIpc) is 2.73. The standard InChI is InChI=1S/C15H11Cl2NO/c16-11-7-14(17)13-4-5-18(15(13)8-11)9-10-2-1-3-12(19)6-10/h1-8,19H,9H2. The Morgan fingerprint density at radius 1 is 1.05 bits per heavy atom. The molecule has 96 valence electrons. The lowest BCUT2D eigenvalue weighted by Crippen LogP contribution is -1.97. The van der Waals surface area contributed by atoms with Crippen LogP contribution in [0.2, 0.25) is 10.0 Å². The molecule has 0 aliphatic rings. The summed E-state index contributed by atoms with van der Waals surface area (Å²) in [6.45, 7) is 0.661. The van der Waals surface area contributed by atoms with Gasteiger partial charge in [-0.15, -0.1) is 0 Å². The second-order valence-corrected chi connectivity index (χ2v) is 5.28. The van der Waals surface area contributed by atoms with Crippen molar-refractivity contribution < 1.29 is 5.11 Å². The first-order chi connectivity index (χ1) is 9.13. The van der Waals surface area contributed by atoms with Gasteiger partial charge in [0.15, 0.2) is 0 Å². The third-order valence-corrected chi connectivity index (χ3v) is 3.60. The Balaban J connectivity index is 2.06. The molecule has 1 aromatic heterocycles. The summed E-state index contributed by atoms with van der Waals surface area (Å²) in [5, 5.41) is 11.7. The molecule has 4 heteroatoms. The van der Waals surface area contributed by atoms with E-state index in [1.54, 1.807) is 18.2 Å². The largest absolute Gasteiger partial charge is 0.508 e. The van der Waals surface area contributed by atoms with Crippen LogP contribution in [0.1, 0.15) is 5.56 Å². The van der Waals surface area contributed by atoms with Gasteiger partial charge >= 0.3 is 0 Å². The highest BCUT2D eigenvalue weighted by molar-refractivity contribution is 6.38. The van der Waals surface area contributed by atoms with E-state index in [1.165, 1.54) is 0 Å². The second kappa shape index (κ2) is 4.80. The van der Waals surface area contributed by atoms with Crippen molar-refractivity contribution >= 4 is 34.1 Å². The number of aromatic hydroxyl groups is 1. The van der Waals surface area contributed by atoms with Crippen LogP contribution in [0, 0.1) is 0 Å². The maximum atomic E-state index is 9.49. The summed E-state index contributed by atoms with van der Waals surface area (Å²) in [5.74, 6) is 0.269. The summed E-state index contributed by atoms with van der Waals surface area (Å²) in [4.78, 5) is 0. The lowest BCUT2D eigenvalue weighted by Gasteiger charge is -2.07. The summed E-state index contributed by atoms with van der Waals surface area (Å²) < 4.78 is 2.06. The SMILES string of the molecule is Oc1cccc(Cn2ccc3c(Cl)cc(Cl)cc32)c1. The molecule has 1 N–H and O–H groups in total. The molecule has 3 aromatic rings. The Kier molecular flexibility index (Phi) is 3.13. The number of hydrogen-bond donors (Lipinski definition) is 1. The van der Waals surface area contributed by atoms with Crippen LogP contribution in [0.5, 0.6) is 5.75 Å². The van der Waals surface area contributed by atoms with Gasteiger partial charge in [0.05, 0.1) is 10.5 Å². The second-order valence-electron chi connectivity index (χ2n) is 4.43.